The van der Waals surface area contributed by atoms with Crippen LogP contribution in [0.4, 0.5) is 0 Å². The van der Waals surface area contributed by atoms with Gasteiger partial charge >= 0.3 is 0 Å². The van der Waals surface area contributed by atoms with Crippen LogP contribution in [0.25, 0.3) is 0 Å². The standard InChI is InChI=1S/C10H20O/c1-9(2)5-4-6-10(3)7-8-11/h5,10-11H,4,6-8H2,1-3H3/i1D3/b9-5-. The van der Waals surface area contributed by atoms with Crippen LogP contribution in [0.2, 0.25) is 0 Å². The molecule has 1 nitrogen and oxygen atoms in total. The minimum absolute atomic E-state index is 0.211. The lowest BCUT2D eigenvalue weighted by molar-refractivity contribution is 0.259. The summed E-state index contributed by atoms with van der Waals surface area (Å²) in [6, 6.07) is 0. The van der Waals surface area contributed by atoms with Crippen molar-refractivity contribution in [1.29, 1.82) is 0 Å². The molecule has 0 aliphatic heterocycles. The zero-order valence-corrected chi connectivity index (χ0v) is 7.43. The normalized spacial score (nSPS) is 20.3. The molecular formula is C10H20O. The van der Waals surface area contributed by atoms with Crippen LogP contribution >= 0.6 is 0 Å². The van der Waals surface area contributed by atoms with E-state index in [1.165, 1.54) is 0 Å². The van der Waals surface area contributed by atoms with Crippen LogP contribution in [0.15, 0.2) is 11.6 Å². The zero-order chi connectivity index (χ0) is 11.2. The summed E-state index contributed by atoms with van der Waals surface area (Å²) in [5.74, 6) is 0.459. The molecule has 0 fully saturated rings. The van der Waals surface area contributed by atoms with Crippen molar-refractivity contribution in [2.24, 2.45) is 5.92 Å². The first-order valence-electron chi connectivity index (χ1n) is 5.66. The molecule has 0 radical (unpaired) electrons. The van der Waals surface area contributed by atoms with Gasteiger partial charge in [0.15, 0.2) is 0 Å². The molecule has 0 bridgehead atoms. The summed E-state index contributed by atoms with van der Waals surface area (Å²) in [5, 5.41) is 8.67. The molecule has 1 atom stereocenters. The second-order valence-electron chi connectivity index (χ2n) is 3.08. The first kappa shape index (κ1) is 6.24. The van der Waals surface area contributed by atoms with E-state index >= 15 is 0 Å². The second kappa shape index (κ2) is 6.41. The van der Waals surface area contributed by atoms with Crippen LogP contribution in [0.5, 0.6) is 0 Å². The highest BCUT2D eigenvalue weighted by molar-refractivity contribution is 4.92. The molecule has 0 saturated carbocycles. The first-order valence-corrected chi connectivity index (χ1v) is 4.16. The molecule has 0 aromatic heterocycles. The Kier molecular flexibility index (Phi) is 3.64. The number of hydrogen-bond acceptors (Lipinski definition) is 1. The number of aliphatic hydroxyl groups is 1. The summed E-state index contributed by atoms with van der Waals surface area (Å²) < 4.78 is 21.4. The Labute approximate surface area is 74.3 Å². The fraction of sp³-hybridized carbons (Fsp3) is 0.800. The first-order chi connectivity index (χ1) is 6.38. The molecule has 0 amide bonds. The van der Waals surface area contributed by atoms with Crippen LogP contribution < -0.4 is 0 Å². The van der Waals surface area contributed by atoms with E-state index in [1.54, 1.807) is 13.0 Å². The van der Waals surface area contributed by atoms with Gasteiger partial charge in [-0.15, -0.1) is 0 Å². The lowest BCUT2D eigenvalue weighted by Gasteiger charge is -2.06. The molecule has 0 saturated heterocycles. The number of hydrogen-bond donors (Lipinski definition) is 1. The van der Waals surface area contributed by atoms with Gasteiger partial charge in [-0.25, -0.2) is 0 Å². The van der Waals surface area contributed by atoms with Crippen molar-refractivity contribution < 1.29 is 9.22 Å². The molecule has 0 aliphatic rings. The topological polar surface area (TPSA) is 20.2 Å². The highest BCUT2D eigenvalue weighted by Crippen LogP contribution is 2.10. The largest absolute Gasteiger partial charge is 0.396 e. The second-order valence-corrected chi connectivity index (χ2v) is 3.08. The highest BCUT2D eigenvalue weighted by Gasteiger charge is 1.98. The quantitative estimate of drug-likeness (QED) is 0.611. The van der Waals surface area contributed by atoms with Crippen LogP contribution in [0.1, 0.15) is 44.1 Å². The van der Waals surface area contributed by atoms with Gasteiger partial charge in [-0.3, -0.25) is 0 Å². The van der Waals surface area contributed by atoms with Crippen molar-refractivity contribution in [2.45, 2.75) is 40.0 Å². The van der Waals surface area contributed by atoms with Crippen molar-refractivity contribution in [2.75, 3.05) is 6.61 Å². The van der Waals surface area contributed by atoms with E-state index in [9.17, 15) is 0 Å². The molecule has 66 valence electrons. The average Bonchev–Trinajstić information content (AvgIpc) is 2.02. The summed E-state index contributed by atoms with van der Waals surface area (Å²) in [7, 11) is 0. The van der Waals surface area contributed by atoms with Gasteiger partial charge in [0.2, 0.25) is 0 Å². The van der Waals surface area contributed by atoms with Crippen LogP contribution in [0, 0.1) is 5.92 Å². The molecule has 0 rings (SSSR count). The number of rotatable bonds is 5. The van der Waals surface area contributed by atoms with Gasteiger partial charge in [0.1, 0.15) is 0 Å². The number of allylic oxidation sites excluding steroid dienone is 2. The van der Waals surface area contributed by atoms with Crippen LogP contribution in [0.3, 0.4) is 0 Å². The van der Waals surface area contributed by atoms with Gasteiger partial charge in [0.05, 0.1) is 0 Å². The predicted octanol–water partition coefficient (Wildman–Crippen LogP) is 2.75. The summed E-state index contributed by atoms with van der Waals surface area (Å²) >= 11 is 0. The zero-order valence-electron chi connectivity index (χ0n) is 10.4. The Morgan fingerprint density at radius 1 is 1.64 bits per heavy atom. The maximum atomic E-state index is 8.67. The Morgan fingerprint density at radius 2 is 2.36 bits per heavy atom. The maximum absolute atomic E-state index is 8.67. The fourth-order valence-electron chi connectivity index (χ4n) is 0.949. The molecule has 0 aromatic carbocycles. The monoisotopic (exact) mass is 159 g/mol. The molecule has 0 aliphatic carbocycles. The molecule has 11 heavy (non-hydrogen) atoms. The summed E-state index contributed by atoms with van der Waals surface area (Å²) in [4.78, 5) is 0. The molecule has 0 heterocycles. The van der Waals surface area contributed by atoms with Crippen molar-refractivity contribution in [3.05, 3.63) is 11.6 Å². The lowest BCUT2D eigenvalue weighted by Crippen LogP contribution is -1.96. The van der Waals surface area contributed by atoms with Crippen molar-refractivity contribution in [1.82, 2.24) is 0 Å². The van der Waals surface area contributed by atoms with Crippen molar-refractivity contribution in [3.8, 4) is 0 Å². The van der Waals surface area contributed by atoms with E-state index in [4.69, 9.17) is 9.22 Å². The lowest BCUT2D eigenvalue weighted by atomic mass is 10.0. The Balaban J connectivity index is 3.82. The van der Waals surface area contributed by atoms with Crippen LogP contribution in [-0.4, -0.2) is 11.7 Å². The average molecular weight is 159 g/mol. The summed E-state index contributed by atoms with van der Waals surface area (Å²) in [5.41, 5.74) is 0.466. The molecule has 1 heteroatoms. The van der Waals surface area contributed by atoms with E-state index in [0.717, 1.165) is 19.3 Å². The Morgan fingerprint density at radius 3 is 2.91 bits per heavy atom. The van der Waals surface area contributed by atoms with E-state index in [2.05, 4.69) is 6.92 Å². The van der Waals surface area contributed by atoms with E-state index in [1.807, 2.05) is 0 Å². The van der Waals surface area contributed by atoms with Gasteiger partial charge in [-0.1, -0.05) is 18.6 Å². The third kappa shape index (κ3) is 7.60. The molecular weight excluding hydrogens is 136 g/mol. The van der Waals surface area contributed by atoms with Gasteiger partial charge in [0.25, 0.3) is 0 Å². The van der Waals surface area contributed by atoms with Crippen molar-refractivity contribution >= 4 is 0 Å². The van der Waals surface area contributed by atoms with Gasteiger partial charge in [-0.2, -0.15) is 0 Å². The molecule has 1 N–H and O–H groups in total. The summed E-state index contributed by atoms with van der Waals surface area (Å²) in [6.07, 6.45) is 4.29. The van der Waals surface area contributed by atoms with Crippen molar-refractivity contribution in [3.63, 3.8) is 0 Å². The smallest absolute Gasteiger partial charge is 0.0433 e. The third-order valence-electron chi connectivity index (χ3n) is 1.73. The van der Waals surface area contributed by atoms with Gasteiger partial charge in [-0.05, 0) is 39.0 Å². The Bertz CT molecular complexity index is 184. The van der Waals surface area contributed by atoms with Gasteiger partial charge in [0, 0.05) is 10.7 Å². The number of aliphatic hydroxyl groups excluding tert-OH is 1. The molecule has 0 spiro atoms. The minimum atomic E-state index is -1.94. The van der Waals surface area contributed by atoms with Gasteiger partial charge < -0.3 is 5.11 Å². The van der Waals surface area contributed by atoms with E-state index in [0.29, 0.717) is 11.5 Å². The van der Waals surface area contributed by atoms with E-state index in [-0.39, 0.29) is 6.61 Å². The Hall–Kier alpha value is -0.300. The molecule has 1 unspecified atom stereocenters. The van der Waals surface area contributed by atoms with Crippen LogP contribution in [-0.2, 0) is 0 Å². The highest BCUT2D eigenvalue weighted by atomic mass is 16.2. The summed E-state index contributed by atoms with van der Waals surface area (Å²) in [6.45, 7) is 1.97. The third-order valence-corrected chi connectivity index (χ3v) is 1.73. The van der Waals surface area contributed by atoms with E-state index < -0.39 is 6.85 Å². The SMILES string of the molecule is [2H]C([2H])([2H])/C(C)=C/CCC(C)CCO. The maximum Gasteiger partial charge on any atom is 0.0433 e. The molecule has 0 aromatic rings. The predicted molar refractivity (Wildman–Crippen MR) is 49.5 cm³/mol. The minimum Gasteiger partial charge on any atom is -0.396 e. The fourth-order valence-corrected chi connectivity index (χ4v) is 0.949.